The molecule has 2 unspecified atom stereocenters. The van der Waals surface area contributed by atoms with Crippen LogP contribution in [0, 0.1) is 12.3 Å². The van der Waals surface area contributed by atoms with Crippen LogP contribution >= 0.6 is 11.3 Å². The number of anilines is 1. The molecule has 1 amide bonds. The lowest BCUT2D eigenvalue weighted by atomic mass is 10.1. The van der Waals surface area contributed by atoms with Crippen molar-refractivity contribution >= 4 is 34.5 Å². The van der Waals surface area contributed by atoms with Gasteiger partial charge in [-0.1, -0.05) is 6.08 Å². The van der Waals surface area contributed by atoms with E-state index in [9.17, 15) is 4.79 Å². The lowest BCUT2D eigenvalue weighted by Crippen LogP contribution is -2.42. The van der Waals surface area contributed by atoms with Gasteiger partial charge in [0.15, 0.2) is 6.23 Å². The summed E-state index contributed by atoms with van der Waals surface area (Å²) in [6.45, 7) is 4.25. The number of amides is 1. The largest absolute Gasteiger partial charge is 0.457 e. The topological polar surface area (TPSA) is 122 Å². The molecule has 1 aromatic heterocycles. The minimum absolute atomic E-state index is 0.120. The Hall–Kier alpha value is -2.75. The Kier molecular flexibility index (Phi) is 6.55. The average Bonchev–Trinajstić information content (AvgIpc) is 3.35. The molecular formula is C21H28N6O2S. The third kappa shape index (κ3) is 4.69. The van der Waals surface area contributed by atoms with Crippen LogP contribution in [0.25, 0.3) is 5.70 Å². The highest BCUT2D eigenvalue weighted by Gasteiger charge is 2.27. The van der Waals surface area contributed by atoms with E-state index in [4.69, 9.17) is 21.6 Å². The van der Waals surface area contributed by atoms with Crippen LogP contribution in [0.5, 0.6) is 0 Å². The number of nitrogens with zero attached hydrogens (tertiary/aromatic N) is 3. The molecular weight excluding hydrogens is 400 g/mol. The molecule has 2 atom stereocenters. The minimum Gasteiger partial charge on any atom is -0.457 e. The Labute approximate surface area is 180 Å². The highest BCUT2D eigenvalue weighted by atomic mass is 32.1. The molecule has 160 valence electrons. The van der Waals surface area contributed by atoms with Crippen LogP contribution in [0.4, 0.5) is 5.69 Å². The molecule has 1 aliphatic heterocycles. The fourth-order valence-electron chi connectivity index (χ4n) is 3.04. The van der Waals surface area contributed by atoms with Crippen LogP contribution < -0.4 is 16.4 Å². The molecule has 9 heteroatoms. The molecule has 2 heterocycles. The van der Waals surface area contributed by atoms with E-state index in [2.05, 4.69) is 4.98 Å². The summed E-state index contributed by atoms with van der Waals surface area (Å²) in [7, 11) is 3.76. The zero-order valence-electron chi connectivity index (χ0n) is 17.7. The molecule has 5 N–H and O–H groups in total. The summed E-state index contributed by atoms with van der Waals surface area (Å²) in [6.07, 6.45) is 2.02. The lowest BCUT2D eigenvalue weighted by Gasteiger charge is -2.22. The van der Waals surface area contributed by atoms with Gasteiger partial charge in [0.25, 0.3) is 5.91 Å². The van der Waals surface area contributed by atoms with Gasteiger partial charge in [-0.25, -0.2) is 4.98 Å². The number of nitrogens with two attached hydrogens (primary N) is 2. The van der Waals surface area contributed by atoms with Gasteiger partial charge in [-0.05, 0) is 38.5 Å². The SMILES string of the molecule is Cc1csc(C2=CCCN2C(=O)c2cc(C(=N)OC(N)C(C)N)cc(N(C)C)c2)n1. The second-order valence-corrected chi connectivity index (χ2v) is 8.42. The monoisotopic (exact) mass is 428 g/mol. The molecule has 8 nitrogen and oxygen atoms in total. The molecule has 1 aliphatic rings. The van der Waals surface area contributed by atoms with E-state index in [1.807, 2.05) is 43.4 Å². The number of rotatable bonds is 6. The molecule has 0 saturated carbocycles. The first kappa shape index (κ1) is 21.9. The average molecular weight is 429 g/mol. The molecule has 1 aromatic carbocycles. The maximum atomic E-state index is 13.4. The summed E-state index contributed by atoms with van der Waals surface area (Å²) in [5, 5.41) is 11.1. The van der Waals surface area contributed by atoms with Crippen LogP contribution in [0.15, 0.2) is 29.7 Å². The normalized spacial score (nSPS) is 15.5. The van der Waals surface area contributed by atoms with E-state index < -0.39 is 12.3 Å². The fourth-order valence-corrected chi connectivity index (χ4v) is 3.88. The van der Waals surface area contributed by atoms with E-state index >= 15 is 0 Å². The van der Waals surface area contributed by atoms with Crippen LogP contribution in [0.1, 0.15) is 40.0 Å². The van der Waals surface area contributed by atoms with Crippen molar-refractivity contribution in [1.29, 1.82) is 5.41 Å². The second-order valence-electron chi connectivity index (χ2n) is 7.56. The standard InChI is InChI=1S/C21H28N6O2S/c1-12-11-30-20(25-12)17-6-5-7-27(17)21(28)15-8-14(9-16(10-15)26(3)4)19(24)29-18(23)13(2)22/h6,8-11,13,18,24H,5,7,22-23H2,1-4H3. The molecule has 30 heavy (non-hydrogen) atoms. The second kappa shape index (κ2) is 8.95. The predicted octanol–water partition coefficient (Wildman–Crippen LogP) is 2.38. The number of carbonyl (C=O) groups is 1. The van der Waals surface area contributed by atoms with E-state index in [-0.39, 0.29) is 11.8 Å². The van der Waals surface area contributed by atoms with Crippen molar-refractivity contribution in [2.24, 2.45) is 11.5 Å². The number of ether oxygens (including phenoxy) is 1. The van der Waals surface area contributed by atoms with Crippen molar-refractivity contribution in [1.82, 2.24) is 9.88 Å². The number of aromatic nitrogens is 1. The van der Waals surface area contributed by atoms with Crippen LogP contribution in [-0.4, -0.2) is 54.6 Å². The number of nitrogens with one attached hydrogen (secondary N) is 1. The first-order valence-electron chi connectivity index (χ1n) is 9.71. The summed E-state index contributed by atoms with van der Waals surface area (Å²) in [5.74, 6) is -0.258. The number of benzene rings is 1. The van der Waals surface area contributed by atoms with Gasteiger partial charge < -0.3 is 20.3 Å². The Balaban J connectivity index is 1.92. The smallest absolute Gasteiger partial charge is 0.258 e. The van der Waals surface area contributed by atoms with Crippen molar-refractivity contribution in [2.45, 2.75) is 32.5 Å². The van der Waals surface area contributed by atoms with Gasteiger partial charge in [0.1, 0.15) is 5.01 Å². The van der Waals surface area contributed by atoms with Gasteiger partial charge in [0.2, 0.25) is 5.90 Å². The van der Waals surface area contributed by atoms with Gasteiger partial charge in [-0.2, -0.15) is 0 Å². The van der Waals surface area contributed by atoms with Crippen LogP contribution in [0.2, 0.25) is 0 Å². The van der Waals surface area contributed by atoms with Crippen molar-refractivity contribution in [2.75, 3.05) is 25.5 Å². The first-order valence-corrected chi connectivity index (χ1v) is 10.6. The quantitative estimate of drug-likeness (QED) is 0.369. The molecule has 0 spiro atoms. The number of hydrogen-bond acceptors (Lipinski definition) is 8. The van der Waals surface area contributed by atoms with E-state index in [1.54, 1.807) is 24.0 Å². The number of thiazole rings is 1. The molecule has 0 radical (unpaired) electrons. The molecule has 0 bridgehead atoms. The zero-order valence-corrected chi connectivity index (χ0v) is 18.5. The maximum absolute atomic E-state index is 13.4. The molecule has 0 aliphatic carbocycles. The zero-order chi connectivity index (χ0) is 22.0. The highest BCUT2D eigenvalue weighted by molar-refractivity contribution is 7.10. The molecule has 3 rings (SSSR count). The summed E-state index contributed by atoms with van der Waals surface area (Å²) >= 11 is 1.53. The Morgan fingerprint density at radius 3 is 2.60 bits per heavy atom. The predicted molar refractivity (Wildman–Crippen MR) is 121 cm³/mol. The van der Waals surface area contributed by atoms with Crippen LogP contribution in [-0.2, 0) is 4.74 Å². The van der Waals surface area contributed by atoms with E-state index in [0.29, 0.717) is 17.7 Å². The van der Waals surface area contributed by atoms with Crippen molar-refractivity contribution in [3.05, 3.63) is 51.5 Å². The van der Waals surface area contributed by atoms with Gasteiger partial charge in [0.05, 0.1) is 11.7 Å². The van der Waals surface area contributed by atoms with Crippen LogP contribution in [0.3, 0.4) is 0 Å². The lowest BCUT2D eigenvalue weighted by molar-refractivity contribution is 0.0844. The van der Waals surface area contributed by atoms with E-state index in [1.165, 1.54) is 11.3 Å². The van der Waals surface area contributed by atoms with Gasteiger partial charge in [0, 0.05) is 48.5 Å². The Bertz CT molecular complexity index is 982. The van der Waals surface area contributed by atoms with Crippen molar-refractivity contribution in [3.63, 3.8) is 0 Å². The minimum atomic E-state index is -0.805. The number of aryl methyl sites for hydroxylation is 1. The summed E-state index contributed by atoms with van der Waals surface area (Å²) in [5.41, 5.74) is 15.1. The summed E-state index contributed by atoms with van der Waals surface area (Å²) in [4.78, 5) is 21.6. The number of carbonyl (C=O) groups excluding carboxylic acids is 1. The van der Waals surface area contributed by atoms with Crippen molar-refractivity contribution < 1.29 is 9.53 Å². The van der Waals surface area contributed by atoms with Gasteiger partial charge in [-0.15, -0.1) is 11.3 Å². The summed E-state index contributed by atoms with van der Waals surface area (Å²) in [6, 6.07) is 4.84. The third-order valence-electron chi connectivity index (χ3n) is 4.78. The fraction of sp³-hybridized carbons (Fsp3) is 0.381. The molecule has 2 aromatic rings. The third-order valence-corrected chi connectivity index (χ3v) is 5.76. The molecule has 0 fully saturated rings. The van der Waals surface area contributed by atoms with E-state index in [0.717, 1.165) is 28.5 Å². The Morgan fingerprint density at radius 1 is 1.30 bits per heavy atom. The first-order chi connectivity index (χ1) is 14.2. The maximum Gasteiger partial charge on any atom is 0.258 e. The molecule has 0 saturated heterocycles. The van der Waals surface area contributed by atoms with Crippen molar-refractivity contribution in [3.8, 4) is 0 Å². The Morgan fingerprint density at radius 2 is 2.00 bits per heavy atom. The van der Waals surface area contributed by atoms with Gasteiger partial charge in [-0.3, -0.25) is 15.9 Å². The number of hydrogen-bond donors (Lipinski definition) is 3. The highest BCUT2D eigenvalue weighted by Crippen LogP contribution is 2.30. The summed E-state index contributed by atoms with van der Waals surface area (Å²) < 4.78 is 5.46. The van der Waals surface area contributed by atoms with Gasteiger partial charge >= 0.3 is 0 Å².